The minimum absolute atomic E-state index is 0.0150. The Morgan fingerprint density at radius 3 is 2.61 bits per heavy atom. The number of H-pyrrole nitrogens is 1. The highest BCUT2D eigenvalue weighted by atomic mass is 19.1. The van der Waals surface area contributed by atoms with E-state index in [1.165, 1.54) is 12.1 Å². The van der Waals surface area contributed by atoms with Gasteiger partial charge in [-0.2, -0.15) is 5.21 Å². The largest absolute Gasteiger partial charge is 0.300 e. The zero-order chi connectivity index (χ0) is 13.0. The molecule has 18 heavy (non-hydrogen) atoms. The van der Waals surface area contributed by atoms with Gasteiger partial charge in [0.05, 0.1) is 6.04 Å². The van der Waals surface area contributed by atoms with Gasteiger partial charge < -0.3 is 5.32 Å². The maximum atomic E-state index is 12.9. The van der Waals surface area contributed by atoms with Gasteiger partial charge in [0.25, 0.3) is 0 Å². The third kappa shape index (κ3) is 2.89. The third-order valence-electron chi connectivity index (χ3n) is 2.88. The molecule has 96 valence electrons. The molecule has 0 fully saturated rings. The van der Waals surface area contributed by atoms with Gasteiger partial charge in [-0.05, 0) is 31.0 Å². The Kier molecular flexibility index (Phi) is 3.99. The van der Waals surface area contributed by atoms with Crippen LogP contribution in [-0.2, 0) is 0 Å². The van der Waals surface area contributed by atoms with Gasteiger partial charge in [-0.15, -0.1) is 10.2 Å². The van der Waals surface area contributed by atoms with Crippen molar-refractivity contribution in [3.05, 3.63) is 41.5 Å². The van der Waals surface area contributed by atoms with Crippen molar-refractivity contribution in [3.8, 4) is 0 Å². The van der Waals surface area contributed by atoms with Gasteiger partial charge >= 0.3 is 0 Å². The van der Waals surface area contributed by atoms with Gasteiger partial charge in [-0.25, -0.2) is 4.39 Å². The Balaban J connectivity index is 2.07. The summed E-state index contributed by atoms with van der Waals surface area (Å²) < 4.78 is 12.9. The van der Waals surface area contributed by atoms with Crippen molar-refractivity contribution in [1.29, 1.82) is 0 Å². The van der Waals surface area contributed by atoms with Crippen molar-refractivity contribution in [2.75, 3.05) is 0 Å². The Labute approximate surface area is 105 Å². The highest BCUT2D eigenvalue weighted by molar-refractivity contribution is 5.20. The van der Waals surface area contributed by atoms with Crippen LogP contribution >= 0.6 is 0 Å². The highest BCUT2D eigenvalue weighted by Gasteiger charge is 2.16. The molecule has 2 atom stereocenters. The minimum atomic E-state index is -0.222. The van der Waals surface area contributed by atoms with Crippen molar-refractivity contribution < 1.29 is 4.39 Å². The van der Waals surface area contributed by atoms with E-state index in [1.807, 2.05) is 6.92 Å². The number of hydrogen-bond donors (Lipinski definition) is 2. The first-order valence-corrected chi connectivity index (χ1v) is 5.95. The lowest BCUT2D eigenvalue weighted by atomic mass is 10.0. The second kappa shape index (κ2) is 5.68. The molecule has 0 aliphatic heterocycles. The van der Waals surface area contributed by atoms with Crippen LogP contribution in [0.1, 0.15) is 43.7 Å². The van der Waals surface area contributed by atoms with Crippen LogP contribution in [0.3, 0.4) is 0 Å². The van der Waals surface area contributed by atoms with Crippen LogP contribution in [0.2, 0.25) is 0 Å². The average molecular weight is 249 g/mol. The van der Waals surface area contributed by atoms with E-state index in [-0.39, 0.29) is 17.9 Å². The monoisotopic (exact) mass is 249 g/mol. The number of halogens is 1. The Hall–Kier alpha value is -1.82. The van der Waals surface area contributed by atoms with Gasteiger partial charge in [0.2, 0.25) is 0 Å². The van der Waals surface area contributed by atoms with E-state index in [0.717, 1.165) is 12.0 Å². The molecule has 6 heteroatoms. The molecule has 2 aromatic rings. The van der Waals surface area contributed by atoms with E-state index in [2.05, 4.69) is 32.9 Å². The summed E-state index contributed by atoms with van der Waals surface area (Å²) in [6, 6.07) is 6.65. The molecular weight excluding hydrogens is 233 g/mol. The predicted molar refractivity (Wildman–Crippen MR) is 65.2 cm³/mol. The number of nitrogens with one attached hydrogen (secondary N) is 2. The fourth-order valence-corrected chi connectivity index (χ4v) is 1.87. The number of rotatable bonds is 5. The molecular formula is C12H16FN5. The minimum Gasteiger partial charge on any atom is -0.300 e. The Morgan fingerprint density at radius 1 is 1.33 bits per heavy atom. The topological polar surface area (TPSA) is 66.5 Å². The summed E-state index contributed by atoms with van der Waals surface area (Å²) in [5.41, 5.74) is 1.05. The van der Waals surface area contributed by atoms with Gasteiger partial charge in [0.1, 0.15) is 5.82 Å². The van der Waals surface area contributed by atoms with Crippen LogP contribution in [0.4, 0.5) is 4.39 Å². The summed E-state index contributed by atoms with van der Waals surface area (Å²) >= 11 is 0. The first-order valence-electron chi connectivity index (χ1n) is 5.95. The van der Waals surface area contributed by atoms with Crippen molar-refractivity contribution in [2.45, 2.75) is 32.4 Å². The molecule has 2 N–H and O–H groups in total. The lowest BCUT2D eigenvalue weighted by Gasteiger charge is -2.20. The van der Waals surface area contributed by atoms with Gasteiger partial charge in [0.15, 0.2) is 5.82 Å². The summed E-state index contributed by atoms with van der Waals surface area (Å²) in [6.45, 7) is 4.04. The fourth-order valence-electron chi connectivity index (χ4n) is 1.87. The molecule has 0 spiro atoms. The molecule has 0 saturated carbocycles. The highest BCUT2D eigenvalue weighted by Crippen LogP contribution is 2.20. The van der Waals surface area contributed by atoms with Crippen molar-refractivity contribution in [3.63, 3.8) is 0 Å². The molecule has 1 aromatic carbocycles. The molecule has 0 aliphatic carbocycles. The number of aromatic amines is 1. The third-order valence-corrected chi connectivity index (χ3v) is 2.88. The maximum Gasteiger partial charge on any atom is 0.191 e. The smallest absolute Gasteiger partial charge is 0.191 e. The molecule has 5 nitrogen and oxygen atoms in total. The number of aromatic nitrogens is 4. The summed E-state index contributed by atoms with van der Waals surface area (Å²) in [5, 5.41) is 17.2. The maximum absolute atomic E-state index is 12.9. The van der Waals surface area contributed by atoms with E-state index < -0.39 is 0 Å². The Morgan fingerprint density at radius 2 is 2.06 bits per heavy atom. The quantitative estimate of drug-likeness (QED) is 0.852. The average Bonchev–Trinajstić information content (AvgIpc) is 2.91. The van der Waals surface area contributed by atoms with Crippen LogP contribution in [0.25, 0.3) is 0 Å². The molecule has 2 rings (SSSR count). The molecule has 0 bridgehead atoms. The van der Waals surface area contributed by atoms with Crippen molar-refractivity contribution >= 4 is 0 Å². The van der Waals surface area contributed by atoms with Crippen molar-refractivity contribution in [1.82, 2.24) is 25.9 Å². The lowest BCUT2D eigenvalue weighted by molar-refractivity contribution is 0.442. The predicted octanol–water partition coefficient (Wildman–Crippen LogP) is 2.14. The van der Waals surface area contributed by atoms with Gasteiger partial charge in [-0.1, -0.05) is 24.3 Å². The fraction of sp³-hybridized carbons (Fsp3) is 0.417. The first kappa shape index (κ1) is 12.6. The number of nitrogens with zero attached hydrogens (tertiary/aromatic N) is 3. The zero-order valence-corrected chi connectivity index (χ0v) is 10.4. The molecule has 0 saturated heterocycles. The number of tetrazole rings is 1. The molecule has 1 aromatic heterocycles. The molecule has 1 heterocycles. The second-order valence-electron chi connectivity index (χ2n) is 4.17. The van der Waals surface area contributed by atoms with E-state index in [1.54, 1.807) is 12.1 Å². The number of hydrogen-bond acceptors (Lipinski definition) is 4. The summed E-state index contributed by atoms with van der Waals surface area (Å²) in [7, 11) is 0. The van der Waals surface area contributed by atoms with Crippen LogP contribution in [0, 0.1) is 5.82 Å². The van der Waals surface area contributed by atoms with Gasteiger partial charge in [-0.3, -0.25) is 0 Å². The van der Waals surface area contributed by atoms with Crippen LogP contribution in [0.15, 0.2) is 24.3 Å². The summed E-state index contributed by atoms with van der Waals surface area (Å²) in [5.74, 6) is 0.399. The standard InChI is InChI=1S/C12H16FN5/c1-3-11(9-4-6-10(13)7-5-9)14-8(2)12-15-17-18-16-12/h4-8,11,14H,3H2,1-2H3,(H,15,16,17,18). The first-order chi connectivity index (χ1) is 8.70. The summed E-state index contributed by atoms with van der Waals surface area (Å²) in [4.78, 5) is 0. The van der Waals surface area contributed by atoms with E-state index in [0.29, 0.717) is 5.82 Å². The lowest BCUT2D eigenvalue weighted by Crippen LogP contribution is -2.25. The zero-order valence-electron chi connectivity index (χ0n) is 10.4. The van der Waals surface area contributed by atoms with E-state index in [9.17, 15) is 4.39 Å². The van der Waals surface area contributed by atoms with E-state index in [4.69, 9.17) is 0 Å². The molecule has 0 amide bonds. The summed E-state index contributed by atoms with van der Waals surface area (Å²) in [6.07, 6.45) is 0.897. The van der Waals surface area contributed by atoms with Crippen molar-refractivity contribution in [2.24, 2.45) is 0 Å². The molecule has 0 aliphatic rings. The van der Waals surface area contributed by atoms with Crippen LogP contribution in [0.5, 0.6) is 0 Å². The van der Waals surface area contributed by atoms with E-state index >= 15 is 0 Å². The normalized spacial score (nSPS) is 14.4. The van der Waals surface area contributed by atoms with Crippen LogP contribution in [-0.4, -0.2) is 20.6 Å². The Bertz CT molecular complexity index is 468. The second-order valence-corrected chi connectivity index (χ2v) is 4.17. The molecule has 0 radical (unpaired) electrons. The molecule has 2 unspecified atom stereocenters. The van der Waals surface area contributed by atoms with Gasteiger partial charge in [0, 0.05) is 6.04 Å². The van der Waals surface area contributed by atoms with Crippen LogP contribution < -0.4 is 5.32 Å². The SMILES string of the molecule is CCC(NC(C)c1nn[nH]n1)c1ccc(F)cc1. The number of benzene rings is 1.